The van der Waals surface area contributed by atoms with E-state index in [0.29, 0.717) is 6.17 Å². The molecule has 1 atom stereocenters. The summed E-state index contributed by atoms with van der Waals surface area (Å²) in [7, 11) is 0. The second-order valence-corrected chi connectivity index (χ2v) is 8.80. The molecule has 1 saturated heterocycles. The van der Waals surface area contributed by atoms with E-state index in [0.717, 1.165) is 6.54 Å². The first-order valence-electron chi connectivity index (χ1n) is 12.4. The zero-order chi connectivity index (χ0) is 19.9. The molecule has 0 radical (unpaired) electrons. The molecule has 0 amide bonds. The van der Waals surface area contributed by atoms with Gasteiger partial charge in [-0.05, 0) is 24.9 Å². The van der Waals surface area contributed by atoms with Crippen LogP contribution in [0, 0.1) is 0 Å². The van der Waals surface area contributed by atoms with Gasteiger partial charge in [0.1, 0.15) is 0 Å². The Balaban J connectivity index is 1.72. The lowest BCUT2D eigenvalue weighted by Gasteiger charge is -2.30. The predicted octanol–water partition coefficient (Wildman–Crippen LogP) is 7.24. The Bertz CT molecular complexity index is 473. The van der Waals surface area contributed by atoms with Crippen LogP contribution in [0.5, 0.6) is 0 Å². The third kappa shape index (κ3) is 9.09. The first kappa shape index (κ1) is 23.4. The van der Waals surface area contributed by atoms with Crippen molar-refractivity contribution in [1.29, 1.82) is 0 Å². The van der Waals surface area contributed by atoms with E-state index in [1.807, 2.05) is 0 Å². The zero-order valence-electron chi connectivity index (χ0n) is 18.9. The topological polar surface area (TPSA) is 6.48 Å². The lowest BCUT2D eigenvalue weighted by molar-refractivity contribution is 0.117. The summed E-state index contributed by atoms with van der Waals surface area (Å²) < 4.78 is 0. The first-order chi connectivity index (χ1) is 13.8. The molecule has 0 saturated carbocycles. The van der Waals surface area contributed by atoms with Gasteiger partial charge in [-0.3, -0.25) is 9.80 Å². The predicted molar refractivity (Wildman–Crippen MR) is 124 cm³/mol. The number of hydrogen-bond acceptors (Lipinski definition) is 2. The SMILES string of the molecule is CCCCCCCCCCCC1N(CCCCC)CCN1Cc1ccccc1. The lowest BCUT2D eigenvalue weighted by Crippen LogP contribution is -2.39. The van der Waals surface area contributed by atoms with Crippen molar-refractivity contribution in [3.05, 3.63) is 35.9 Å². The van der Waals surface area contributed by atoms with Crippen molar-refractivity contribution in [1.82, 2.24) is 9.80 Å². The Kier molecular flexibility index (Phi) is 12.6. The molecule has 2 nitrogen and oxygen atoms in total. The zero-order valence-corrected chi connectivity index (χ0v) is 18.9. The van der Waals surface area contributed by atoms with Crippen LogP contribution in [0.3, 0.4) is 0 Å². The molecule has 1 heterocycles. The van der Waals surface area contributed by atoms with Crippen molar-refractivity contribution >= 4 is 0 Å². The van der Waals surface area contributed by atoms with E-state index in [1.165, 1.54) is 109 Å². The van der Waals surface area contributed by atoms with Gasteiger partial charge >= 0.3 is 0 Å². The van der Waals surface area contributed by atoms with E-state index in [1.54, 1.807) is 0 Å². The fourth-order valence-corrected chi connectivity index (χ4v) is 4.62. The maximum absolute atomic E-state index is 2.78. The van der Waals surface area contributed by atoms with Crippen LogP contribution in [0.2, 0.25) is 0 Å². The highest BCUT2D eigenvalue weighted by Crippen LogP contribution is 2.23. The molecular formula is C26H46N2. The maximum atomic E-state index is 2.78. The molecule has 1 unspecified atom stereocenters. The molecule has 0 bridgehead atoms. The van der Waals surface area contributed by atoms with E-state index >= 15 is 0 Å². The minimum absolute atomic E-state index is 0.668. The van der Waals surface area contributed by atoms with Gasteiger partial charge in [0, 0.05) is 19.6 Å². The number of benzene rings is 1. The summed E-state index contributed by atoms with van der Waals surface area (Å²) in [6.07, 6.45) is 18.9. The minimum Gasteiger partial charge on any atom is -0.287 e. The van der Waals surface area contributed by atoms with Crippen LogP contribution < -0.4 is 0 Å². The molecule has 0 aliphatic carbocycles. The van der Waals surface area contributed by atoms with Crippen LogP contribution in [0.4, 0.5) is 0 Å². The molecule has 2 rings (SSSR count). The van der Waals surface area contributed by atoms with Gasteiger partial charge in [-0.2, -0.15) is 0 Å². The van der Waals surface area contributed by atoms with Crippen molar-refractivity contribution in [3.63, 3.8) is 0 Å². The second-order valence-electron chi connectivity index (χ2n) is 8.80. The van der Waals surface area contributed by atoms with Gasteiger partial charge in [0.05, 0.1) is 6.17 Å². The Labute approximate surface area is 175 Å². The average Bonchev–Trinajstić information content (AvgIpc) is 3.09. The van der Waals surface area contributed by atoms with Crippen LogP contribution in [0.25, 0.3) is 0 Å². The van der Waals surface area contributed by atoms with Crippen molar-refractivity contribution < 1.29 is 0 Å². The van der Waals surface area contributed by atoms with Gasteiger partial charge in [0.15, 0.2) is 0 Å². The van der Waals surface area contributed by atoms with Crippen LogP contribution in [-0.2, 0) is 6.54 Å². The van der Waals surface area contributed by atoms with E-state index in [4.69, 9.17) is 0 Å². The normalized spacial score (nSPS) is 18.1. The van der Waals surface area contributed by atoms with Crippen LogP contribution in [-0.4, -0.2) is 35.6 Å². The lowest BCUT2D eigenvalue weighted by atomic mass is 10.1. The number of hydrogen-bond donors (Lipinski definition) is 0. The molecule has 1 aromatic rings. The molecule has 0 N–H and O–H groups in total. The molecule has 1 fully saturated rings. The van der Waals surface area contributed by atoms with Gasteiger partial charge in [-0.15, -0.1) is 0 Å². The summed E-state index contributed by atoms with van der Waals surface area (Å²) in [5, 5.41) is 0. The monoisotopic (exact) mass is 386 g/mol. The summed E-state index contributed by atoms with van der Waals surface area (Å²) in [5.74, 6) is 0. The van der Waals surface area contributed by atoms with Crippen molar-refractivity contribution in [3.8, 4) is 0 Å². The molecule has 1 aromatic carbocycles. The Hall–Kier alpha value is -0.860. The van der Waals surface area contributed by atoms with Crippen molar-refractivity contribution in [2.75, 3.05) is 19.6 Å². The van der Waals surface area contributed by atoms with E-state index in [-0.39, 0.29) is 0 Å². The molecular weight excluding hydrogens is 340 g/mol. The summed E-state index contributed by atoms with van der Waals surface area (Å²) in [5.41, 5.74) is 1.47. The van der Waals surface area contributed by atoms with Crippen LogP contribution in [0.15, 0.2) is 30.3 Å². The average molecular weight is 387 g/mol. The van der Waals surface area contributed by atoms with E-state index < -0.39 is 0 Å². The quantitative estimate of drug-likeness (QED) is 0.276. The Morgan fingerprint density at radius 1 is 0.679 bits per heavy atom. The largest absolute Gasteiger partial charge is 0.287 e. The second kappa shape index (κ2) is 15.0. The van der Waals surface area contributed by atoms with Crippen LogP contribution in [0.1, 0.15) is 103 Å². The van der Waals surface area contributed by atoms with Gasteiger partial charge in [-0.25, -0.2) is 0 Å². The molecule has 160 valence electrons. The molecule has 0 spiro atoms. The third-order valence-corrected chi connectivity index (χ3v) is 6.36. The summed E-state index contributed by atoms with van der Waals surface area (Å²) in [6, 6.07) is 11.1. The van der Waals surface area contributed by atoms with Crippen molar-refractivity contribution in [2.45, 2.75) is 110 Å². The highest BCUT2D eigenvalue weighted by Gasteiger charge is 2.30. The molecule has 0 aromatic heterocycles. The fourth-order valence-electron chi connectivity index (χ4n) is 4.62. The van der Waals surface area contributed by atoms with Gasteiger partial charge < -0.3 is 0 Å². The fraction of sp³-hybridized carbons (Fsp3) is 0.769. The minimum atomic E-state index is 0.668. The maximum Gasteiger partial charge on any atom is 0.0626 e. The Morgan fingerprint density at radius 2 is 1.25 bits per heavy atom. The standard InChI is InChI=1S/C26H46N2/c1-3-5-7-8-9-10-11-12-16-20-26-27(21-17-6-4-2)22-23-28(26)24-25-18-14-13-15-19-25/h13-15,18-19,26H,3-12,16-17,20-24H2,1-2H3. The highest BCUT2D eigenvalue weighted by atomic mass is 15.4. The smallest absolute Gasteiger partial charge is 0.0626 e. The summed E-state index contributed by atoms with van der Waals surface area (Å²) in [4.78, 5) is 5.52. The number of unbranched alkanes of at least 4 members (excludes halogenated alkanes) is 10. The summed E-state index contributed by atoms with van der Waals surface area (Å²) in [6.45, 7) is 9.53. The number of nitrogens with zero attached hydrogens (tertiary/aromatic N) is 2. The molecule has 1 aliphatic rings. The molecule has 1 aliphatic heterocycles. The van der Waals surface area contributed by atoms with E-state index in [2.05, 4.69) is 54.0 Å². The van der Waals surface area contributed by atoms with E-state index in [9.17, 15) is 0 Å². The summed E-state index contributed by atoms with van der Waals surface area (Å²) >= 11 is 0. The van der Waals surface area contributed by atoms with Gasteiger partial charge in [0.2, 0.25) is 0 Å². The van der Waals surface area contributed by atoms with Gasteiger partial charge in [0.25, 0.3) is 0 Å². The van der Waals surface area contributed by atoms with Crippen molar-refractivity contribution in [2.24, 2.45) is 0 Å². The number of rotatable bonds is 16. The molecule has 2 heteroatoms. The van der Waals surface area contributed by atoms with Crippen LogP contribution >= 0.6 is 0 Å². The Morgan fingerprint density at radius 3 is 1.93 bits per heavy atom. The third-order valence-electron chi connectivity index (χ3n) is 6.36. The first-order valence-corrected chi connectivity index (χ1v) is 12.4. The molecule has 28 heavy (non-hydrogen) atoms. The highest BCUT2D eigenvalue weighted by molar-refractivity contribution is 5.14. The van der Waals surface area contributed by atoms with Gasteiger partial charge in [-0.1, -0.05) is 115 Å².